The molecule has 1 aromatic rings. The zero-order valence-corrected chi connectivity index (χ0v) is 19.2. The van der Waals surface area contributed by atoms with Crippen LogP contribution in [0.5, 0.6) is 0 Å². The van der Waals surface area contributed by atoms with Crippen LogP contribution in [0.25, 0.3) is 6.08 Å². The minimum Gasteiger partial charge on any atom is -0.393 e. The topological polar surface area (TPSA) is 40.5 Å². The predicted molar refractivity (Wildman–Crippen MR) is 121 cm³/mol. The molecule has 3 saturated carbocycles. The molecule has 3 fully saturated rings. The minimum atomic E-state index is -0.334. The van der Waals surface area contributed by atoms with Crippen molar-refractivity contribution in [1.29, 1.82) is 0 Å². The standard InChI is InChI=1S/C26H33BrO2/c1-25-10-8-20(28)15-18(25)6-7-21-22(25)9-11-26(2)23(21)14-17(24(26)29)12-16-4-3-5-19(27)13-16/h3-6,12-13,20-24,28-29H,7-11,14-15H2,1-2H3/b17-12+/t20-,21-,22+,23+,24-,25+,26+/m1/s1. The van der Waals surface area contributed by atoms with Gasteiger partial charge in [-0.2, -0.15) is 0 Å². The molecule has 5 rings (SSSR count). The van der Waals surface area contributed by atoms with E-state index < -0.39 is 0 Å². The summed E-state index contributed by atoms with van der Waals surface area (Å²) in [5, 5.41) is 21.6. The van der Waals surface area contributed by atoms with Crippen LogP contribution in [-0.2, 0) is 0 Å². The molecule has 2 N–H and O–H groups in total. The van der Waals surface area contributed by atoms with Crippen LogP contribution in [0.3, 0.4) is 0 Å². The first kappa shape index (κ1) is 20.0. The Kier molecular flexibility index (Phi) is 4.88. The molecule has 29 heavy (non-hydrogen) atoms. The Bertz CT molecular complexity index is 873. The Hall–Kier alpha value is -0.900. The molecule has 0 aliphatic heterocycles. The predicted octanol–water partition coefficient (Wildman–Crippen LogP) is 6.13. The van der Waals surface area contributed by atoms with E-state index in [0.29, 0.717) is 17.8 Å². The molecule has 2 nitrogen and oxygen atoms in total. The van der Waals surface area contributed by atoms with E-state index in [2.05, 4.69) is 60.1 Å². The molecule has 0 saturated heterocycles. The highest BCUT2D eigenvalue weighted by atomic mass is 79.9. The van der Waals surface area contributed by atoms with Crippen LogP contribution in [0.4, 0.5) is 0 Å². The number of allylic oxidation sites excluding steroid dienone is 1. The molecule has 0 bridgehead atoms. The van der Waals surface area contributed by atoms with E-state index in [1.165, 1.54) is 23.1 Å². The molecule has 1 aromatic carbocycles. The third-order valence-electron chi connectivity index (χ3n) is 9.15. The fraction of sp³-hybridized carbons (Fsp3) is 0.615. The van der Waals surface area contributed by atoms with Crippen LogP contribution in [0.2, 0.25) is 0 Å². The molecule has 4 aliphatic rings. The summed E-state index contributed by atoms with van der Waals surface area (Å²) < 4.78 is 1.08. The van der Waals surface area contributed by atoms with Crippen LogP contribution in [-0.4, -0.2) is 22.4 Å². The van der Waals surface area contributed by atoms with Crippen molar-refractivity contribution < 1.29 is 10.2 Å². The Balaban J connectivity index is 1.47. The summed E-state index contributed by atoms with van der Waals surface area (Å²) in [6.07, 6.45) is 11.6. The normalized spacial score (nSPS) is 45.3. The molecular formula is C26H33BrO2. The summed E-state index contributed by atoms with van der Waals surface area (Å²) in [4.78, 5) is 0. The van der Waals surface area contributed by atoms with Gasteiger partial charge in [-0.25, -0.2) is 0 Å². The summed E-state index contributed by atoms with van der Waals surface area (Å²) in [6, 6.07) is 8.37. The van der Waals surface area contributed by atoms with Crippen LogP contribution in [0.15, 0.2) is 46.0 Å². The molecule has 0 spiro atoms. The third-order valence-corrected chi connectivity index (χ3v) is 9.64. The maximum absolute atomic E-state index is 11.4. The van der Waals surface area contributed by atoms with E-state index in [9.17, 15) is 10.2 Å². The molecule has 156 valence electrons. The monoisotopic (exact) mass is 456 g/mol. The minimum absolute atomic E-state index is 0.00506. The molecule has 0 radical (unpaired) electrons. The van der Waals surface area contributed by atoms with Gasteiger partial charge in [0.15, 0.2) is 0 Å². The van der Waals surface area contributed by atoms with Crippen molar-refractivity contribution >= 4 is 22.0 Å². The first-order chi connectivity index (χ1) is 13.8. The Labute approximate surface area is 183 Å². The molecule has 7 atom stereocenters. The maximum atomic E-state index is 11.4. The van der Waals surface area contributed by atoms with Crippen LogP contribution in [0.1, 0.15) is 64.4 Å². The van der Waals surface area contributed by atoms with Crippen molar-refractivity contribution in [3.8, 4) is 0 Å². The zero-order valence-electron chi connectivity index (χ0n) is 17.6. The molecule has 3 heteroatoms. The third kappa shape index (κ3) is 3.11. The lowest BCUT2D eigenvalue weighted by molar-refractivity contribution is -0.0685. The lowest BCUT2D eigenvalue weighted by Crippen LogP contribution is -2.51. The van der Waals surface area contributed by atoms with Crippen molar-refractivity contribution in [3.63, 3.8) is 0 Å². The van der Waals surface area contributed by atoms with Crippen molar-refractivity contribution in [1.82, 2.24) is 0 Å². The number of aliphatic hydroxyl groups is 2. The van der Waals surface area contributed by atoms with Gasteiger partial charge in [0.1, 0.15) is 0 Å². The molecule has 4 aliphatic carbocycles. The van der Waals surface area contributed by atoms with Gasteiger partial charge in [0.05, 0.1) is 12.2 Å². The van der Waals surface area contributed by atoms with E-state index in [4.69, 9.17) is 0 Å². The maximum Gasteiger partial charge on any atom is 0.0809 e. The number of aliphatic hydroxyl groups excluding tert-OH is 2. The van der Waals surface area contributed by atoms with Gasteiger partial charge >= 0.3 is 0 Å². The largest absolute Gasteiger partial charge is 0.393 e. The van der Waals surface area contributed by atoms with Crippen molar-refractivity contribution in [3.05, 3.63) is 51.5 Å². The van der Waals surface area contributed by atoms with Crippen molar-refractivity contribution in [2.75, 3.05) is 0 Å². The Morgan fingerprint density at radius 1 is 1.07 bits per heavy atom. The highest BCUT2D eigenvalue weighted by Gasteiger charge is 2.59. The summed E-state index contributed by atoms with van der Waals surface area (Å²) >= 11 is 3.57. The second-order valence-electron chi connectivity index (χ2n) is 10.6. The zero-order chi connectivity index (χ0) is 20.4. The number of halogens is 1. The fourth-order valence-corrected chi connectivity index (χ4v) is 7.87. The first-order valence-corrected chi connectivity index (χ1v) is 12.1. The summed E-state index contributed by atoms with van der Waals surface area (Å²) in [5.41, 5.74) is 4.16. The van der Waals surface area contributed by atoms with Gasteiger partial charge in [-0.3, -0.25) is 0 Å². The average molecular weight is 457 g/mol. The van der Waals surface area contributed by atoms with Crippen molar-refractivity contribution in [2.24, 2.45) is 28.6 Å². The highest BCUT2D eigenvalue weighted by molar-refractivity contribution is 9.10. The van der Waals surface area contributed by atoms with Crippen LogP contribution >= 0.6 is 15.9 Å². The van der Waals surface area contributed by atoms with E-state index in [1.807, 2.05) is 6.07 Å². The van der Waals surface area contributed by atoms with Gasteiger partial charge in [-0.05, 0) is 91.4 Å². The van der Waals surface area contributed by atoms with Gasteiger partial charge in [-0.15, -0.1) is 0 Å². The summed E-state index contributed by atoms with van der Waals surface area (Å²) in [5.74, 6) is 1.91. The van der Waals surface area contributed by atoms with Crippen LogP contribution < -0.4 is 0 Å². The van der Waals surface area contributed by atoms with E-state index >= 15 is 0 Å². The second kappa shape index (κ2) is 7.07. The Morgan fingerprint density at radius 3 is 2.69 bits per heavy atom. The molecule has 0 unspecified atom stereocenters. The summed E-state index contributed by atoms with van der Waals surface area (Å²) in [7, 11) is 0. The van der Waals surface area contributed by atoms with E-state index in [0.717, 1.165) is 43.0 Å². The lowest BCUT2D eigenvalue weighted by Gasteiger charge is -2.57. The van der Waals surface area contributed by atoms with E-state index in [1.54, 1.807) is 0 Å². The second-order valence-corrected chi connectivity index (χ2v) is 11.5. The van der Waals surface area contributed by atoms with Gasteiger partial charge < -0.3 is 10.2 Å². The number of benzene rings is 1. The molecule has 0 heterocycles. The first-order valence-electron chi connectivity index (χ1n) is 11.3. The average Bonchev–Trinajstić information content (AvgIpc) is 2.93. The highest BCUT2D eigenvalue weighted by Crippen LogP contribution is 2.65. The van der Waals surface area contributed by atoms with Crippen molar-refractivity contribution in [2.45, 2.75) is 71.0 Å². The van der Waals surface area contributed by atoms with Gasteiger partial charge in [0.25, 0.3) is 0 Å². The molecule has 0 amide bonds. The van der Waals surface area contributed by atoms with Crippen LogP contribution in [0, 0.1) is 28.6 Å². The Morgan fingerprint density at radius 2 is 1.90 bits per heavy atom. The van der Waals surface area contributed by atoms with Gasteiger partial charge in [0, 0.05) is 9.89 Å². The number of rotatable bonds is 1. The van der Waals surface area contributed by atoms with Gasteiger partial charge in [0.2, 0.25) is 0 Å². The number of fused-ring (bicyclic) bond motifs is 5. The number of hydrogen-bond acceptors (Lipinski definition) is 2. The summed E-state index contributed by atoms with van der Waals surface area (Å²) in [6.45, 7) is 4.81. The lowest BCUT2D eigenvalue weighted by atomic mass is 9.48. The smallest absolute Gasteiger partial charge is 0.0809 e. The number of hydrogen-bond donors (Lipinski definition) is 2. The molecule has 0 aromatic heterocycles. The SMILES string of the molecule is C[C@]12CC[C@H]3[C@@H](CC=C4C[C@H](O)CC[C@@]43C)[C@@H]1C/C(=C\c1cccc(Br)c1)[C@H]2O. The molecular weight excluding hydrogens is 424 g/mol. The fourth-order valence-electron chi connectivity index (χ4n) is 7.45. The van der Waals surface area contributed by atoms with E-state index in [-0.39, 0.29) is 23.0 Å². The van der Waals surface area contributed by atoms with Gasteiger partial charge in [-0.1, -0.05) is 59.6 Å². The quantitative estimate of drug-likeness (QED) is 0.499.